The lowest BCUT2D eigenvalue weighted by molar-refractivity contribution is 0.0955. The van der Waals surface area contributed by atoms with Crippen LogP contribution in [0.15, 0.2) is 28.3 Å². The molecule has 37 heavy (non-hydrogen) atoms. The first-order valence-corrected chi connectivity index (χ1v) is 12.4. The van der Waals surface area contributed by atoms with Crippen LogP contribution < -0.4 is 19.7 Å². The van der Waals surface area contributed by atoms with E-state index in [1.54, 1.807) is 20.2 Å². The molecule has 9 nitrogen and oxygen atoms in total. The Hall–Kier alpha value is -3.58. The number of nitrogens with zero attached hydrogens (tertiary/aromatic N) is 4. The van der Waals surface area contributed by atoms with E-state index in [2.05, 4.69) is 25.5 Å². The van der Waals surface area contributed by atoms with Gasteiger partial charge in [0, 0.05) is 50.1 Å². The number of nitrogens with one attached hydrogen (secondary N) is 1. The summed E-state index contributed by atoms with van der Waals surface area (Å²) in [6, 6.07) is 9.18. The molecule has 1 heterocycles. The van der Waals surface area contributed by atoms with Crippen molar-refractivity contribution in [1.82, 2.24) is 10.2 Å². The van der Waals surface area contributed by atoms with Crippen LogP contribution in [0.5, 0.6) is 11.5 Å². The summed E-state index contributed by atoms with van der Waals surface area (Å²) >= 11 is 3.21. The van der Waals surface area contributed by atoms with Gasteiger partial charge in [-0.25, -0.2) is 0 Å². The number of amides is 1. The molecular formula is C27H32BrN5O4. The van der Waals surface area contributed by atoms with Crippen LogP contribution in [-0.4, -0.2) is 63.8 Å². The van der Waals surface area contributed by atoms with Gasteiger partial charge in [-0.3, -0.25) is 9.59 Å². The lowest BCUT2D eigenvalue weighted by Crippen LogP contribution is -2.31. The summed E-state index contributed by atoms with van der Waals surface area (Å²) in [4.78, 5) is 29.9. The molecule has 0 atom stereocenters. The van der Waals surface area contributed by atoms with Gasteiger partial charge < -0.3 is 24.6 Å². The lowest BCUT2D eigenvalue weighted by Gasteiger charge is -2.25. The van der Waals surface area contributed by atoms with Crippen LogP contribution in [0, 0.1) is 11.3 Å². The highest BCUT2D eigenvalue weighted by atomic mass is 79.9. The number of benzene rings is 2. The van der Waals surface area contributed by atoms with Gasteiger partial charge in [-0.15, -0.1) is 0 Å². The summed E-state index contributed by atoms with van der Waals surface area (Å²) in [7, 11) is 6.90. The number of anilines is 1. The lowest BCUT2D eigenvalue weighted by atomic mass is 9.84. The largest absolute Gasteiger partial charge is 0.493 e. The number of methoxy groups -OCH3 is 1. The predicted molar refractivity (Wildman–Crippen MR) is 147 cm³/mol. The molecule has 10 heteroatoms. The van der Waals surface area contributed by atoms with E-state index in [1.165, 1.54) is 0 Å². The SMILES string of the molecule is CNC(=O)c1cc2c(cc1N(C)C)CN(CC(=O)c1cc(OCC#N)c(OC)c(C(C)(C)C)c1)/C2=N\Br. The Balaban J connectivity index is 2.00. The summed E-state index contributed by atoms with van der Waals surface area (Å²) in [5, 5.41) is 11.7. The number of halogens is 1. The van der Waals surface area contributed by atoms with Gasteiger partial charge in [-0.1, -0.05) is 20.8 Å². The maximum absolute atomic E-state index is 13.6. The van der Waals surface area contributed by atoms with Gasteiger partial charge in [0.2, 0.25) is 0 Å². The highest BCUT2D eigenvalue weighted by Crippen LogP contribution is 2.40. The number of amidine groups is 1. The molecule has 0 aliphatic carbocycles. The quantitative estimate of drug-likeness (QED) is 0.477. The molecule has 1 aliphatic rings. The molecule has 3 rings (SSSR count). The second-order valence-electron chi connectivity index (χ2n) is 9.94. The minimum absolute atomic E-state index is 0.0549. The minimum atomic E-state index is -0.336. The Morgan fingerprint density at radius 2 is 1.95 bits per heavy atom. The number of ketones is 1. The highest BCUT2D eigenvalue weighted by Gasteiger charge is 2.31. The molecule has 0 aromatic heterocycles. The molecule has 0 unspecified atom stereocenters. The monoisotopic (exact) mass is 569 g/mol. The maximum atomic E-state index is 13.6. The van der Waals surface area contributed by atoms with E-state index in [1.807, 2.05) is 68.9 Å². The third-order valence-electron chi connectivity index (χ3n) is 6.17. The number of carbonyl (C=O) groups is 2. The summed E-state index contributed by atoms with van der Waals surface area (Å²) < 4.78 is 15.5. The molecule has 0 fully saturated rings. The Kier molecular flexibility index (Phi) is 8.49. The summed E-state index contributed by atoms with van der Waals surface area (Å²) in [6.07, 6.45) is 0. The zero-order valence-corrected chi connectivity index (χ0v) is 23.8. The van der Waals surface area contributed by atoms with Crippen molar-refractivity contribution in [3.8, 4) is 17.6 Å². The molecule has 1 aliphatic heterocycles. The van der Waals surface area contributed by atoms with Crippen molar-refractivity contribution in [2.45, 2.75) is 32.7 Å². The Morgan fingerprint density at radius 1 is 1.24 bits per heavy atom. The normalized spacial score (nSPS) is 13.7. The smallest absolute Gasteiger partial charge is 0.253 e. The molecule has 1 N–H and O–H groups in total. The van der Waals surface area contributed by atoms with Crippen molar-refractivity contribution in [2.24, 2.45) is 4.02 Å². The average molecular weight is 570 g/mol. The number of hydrogen-bond acceptors (Lipinski definition) is 7. The number of fused-ring (bicyclic) bond motifs is 1. The fraction of sp³-hybridized carbons (Fsp3) is 0.407. The molecule has 2 aromatic carbocycles. The minimum Gasteiger partial charge on any atom is -0.493 e. The molecule has 2 aromatic rings. The first kappa shape index (κ1) is 28.0. The third-order valence-corrected chi connectivity index (χ3v) is 6.51. The summed E-state index contributed by atoms with van der Waals surface area (Å²) in [6.45, 7) is 6.41. The number of nitriles is 1. The van der Waals surface area contributed by atoms with Gasteiger partial charge >= 0.3 is 0 Å². The number of ether oxygens (including phenoxy) is 2. The zero-order valence-electron chi connectivity index (χ0n) is 22.2. The van der Waals surface area contributed by atoms with Crippen LogP contribution in [0.3, 0.4) is 0 Å². The van der Waals surface area contributed by atoms with E-state index in [0.717, 1.165) is 22.4 Å². The van der Waals surface area contributed by atoms with Gasteiger partial charge in [-0.2, -0.15) is 9.28 Å². The summed E-state index contributed by atoms with van der Waals surface area (Å²) in [5.41, 5.74) is 3.98. The fourth-order valence-electron chi connectivity index (χ4n) is 4.35. The second kappa shape index (κ2) is 11.2. The molecule has 1 amide bonds. The third kappa shape index (κ3) is 5.72. The van der Waals surface area contributed by atoms with Crippen LogP contribution in [0.4, 0.5) is 5.69 Å². The van der Waals surface area contributed by atoms with Crippen molar-refractivity contribution in [3.63, 3.8) is 0 Å². The van der Waals surface area contributed by atoms with Gasteiger partial charge in [0.25, 0.3) is 5.91 Å². The first-order chi connectivity index (χ1) is 17.5. The van der Waals surface area contributed by atoms with Crippen LogP contribution >= 0.6 is 16.1 Å². The van der Waals surface area contributed by atoms with Gasteiger partial charge in [0.05, 0.1) is 35.4 Å². The second-order valence-corrected chi connectivity index (χ2v) is 10.3. The number of rotatable bonds is 8. The zero-order chi connectivity index (χ0) is 27.5. The van der Waals surface area contributed by atoms with Crippen LogP contribution in [0.1, 0.15) is 58.2 Å². The first-order valence-electron chi connectivity index (χ1n) is 11.7. The molecular weight excluding hydrogens is 538 g/mol. The topological polar surface area (TPSA) is 107 Å². The van der Waals surface area contributed by atoms with E-state index >= 15 is 0 Å². The van der Waals surface area contributed by atoms with Crippen LogP contribution in [0.2, 0.25) is 0 Å². The van der Waals surface area contributed by atoms with E-state index < -0.39 is 0 Å². The van der Waals surface area contributed by atoms with Gasteiger partial charge in [0.1, 0.15) is 11.9 Å². The van der Waals surface area contributed by atoms with Crippen molar-refractivity contribution in [2.75, 3.05) is 46.3 Å². The van der Waals surface area contributed by atoms with E-state index in [9.17, 15) is 9.59 Å². The Labute approximate surface area is 226 Å². The molecule has 0 spiro atoms. The number of carbonyl (C=O) groups excluding carboxylic acids is 2. The Morgan fingerprint density at radius 3 is 2.49 bits per heavy atom. The van der Waals surface area contributed by atoms with Gasteiger partial charge in [-0.05, 0) is 35.2 Å². The van der Waals surface area contributed by atoms with E-state index in [4.69, 9.17) is 14.7 Å². The van der Waals surface area contributed by atoms with Gasteiger partial charge in [0.15, 0.2) is 23.9 Å². The van der Waals surface area contributed by atoms with Crippen LogP contribution in [0.25, 0.3) is 0 Å². The molecule has 0 bridgehead atoms. The average Bonchev–Trinajstić information content (AvgIpc) is 3.20. The predicted octanol–water partition coefficient (Wildman–Crippen LogP) is 4.08. The van der Waals surface area contributed by atoms with Crippen molar-refractivity contribution in [3.05, 3.63) is 52.1 Å². The van der Waals surface area contributed by atoms with Crippen molar-refractivity contribution >= 4 is 39.4 Å². The highest BCUT2D eigenvalue weighted by molar-refractivity contribution is 9.08. The number of hydrogen-bond donors (Lipinski definition) is 1. The fourth-order valence-corrected chi connectivity index (χ4v) is 4.77. The van der Waals surface area contributed by atoms with Crippen LogP contribution in [-0.2, 0) is 12.0 Å². The van der Waals surface area contributed by atoms with E-state index in [0.29, 0.717) is 35.0 Å². The van der Waals surface area contributed by atoms with E-state index in [-0.39, 0.29) is 30.3 Å². The Bertz CT molecular complexity index is 1290. The summed E-state index contributed by atoms with van der Waals surface area (Å²) in [5.74, 6) is 1.09. The standard InChI is InChI=1S/C27H32BrN5O4/c1-27(2,3)20-10-16(12-23(24(20)36-7)37-9-8-29)22(34)15-33-14-17-11-21(32(5)6)19(26(35)30-4)13-18(17)25(33)31-28/h10-13H,9,14-15H2,1-7H3,(H,30,35)/b31-25-. The molecule has 0 saturated heterocycles. The molecule has 196 valence electrons. The molecule has 0 radical (unpaired) electrons. The van der Waals surface area contributed by atoms with Crippen molar-refractivity contribution < 1.29 is 19.1 Å². The number of Topliss-reactive ketones (excluding diaryl/α,β-unsaturated/α-hetero) is 1. The molecule has 0 saturated carbocycles. The van der Waals surface area contributed by atoms with Crippen molar-refractivity contribution in [1.29, 1.82) is 5.26 Å². The maximum Gasteiger partial charge on any atom is 0.253 e.